The first-order valence-corrected chi connectivity index (χ1v) is 10.4. The lowest BCUT2D eigenvalue weighted by Crippen LogP contribution is -2.07. The Hall–Kier alpha value is -3.06. The second-order valence-corrected chi connectivity index (χ2v) is 8.11. The van der Waals surface area contributed by atoms with Crippen LogP contribution in [-0.2, 0) is 20.2 Å². The maximum absolute atomic E-state index is 11.4. The molecule has 0 fully saturated rings. The van der Waals surface area contributed by atoms with Crippen molar-refractivity contribution in [1.29, 1.82) is 0 Å². The van der Waals surface area contributed by atoms with Crippen LogP contribution in [0.2, 0.25) is 0 Å². The third kappa shape index (κ3) is 4.61. The maximum Gasteiger partial charge on any atom is 0.229 e. The van der Waals surface area contributed by atoms with Gasteiger partial charge < -0.3 is 19.7 Å². The van der Waals surface area contributed by atoms with Crippen LogP contribution in [0, 0.1) is 0 Å². The van der Waals surface area contributed by atoms with Gasteiger partial charge in [0.2, 0.25) is 5.95 Å². The van der Waals surface area contributed by atoms with Crippen LogP contribution < -0.4 is 10.6 Å². The van der Waals surface area contributed by atoms with Crippen molar-refractivity contribution >= 4 is 43.4 Å². The van der Waals surface area contributed by atoms with Crippen molar-refractivity contribution in [2.45, 2.75) is 9.79 Å². The van der Waals surface area contributed by atoms with Crippen LogP contribution in [0.1, 0.15) is 0 Å². The van der Waals surface area contributed by atoms with E-state index in [-0.39, 0.29) is 23.1 Å². The monoisotopic (exact) mass is 420 g/mol. The number of aromatic nitrogens is 2. The van der Waals surface area contributed by atoms with E-state index in [1.807, 2.05) is 0 Å². The number of para-hydroxylation sites is 2. The van der Waals surface area contributed by atoms with Crippen LogP contribution in [0.5, 0.6) is 0 Å². The highest BCUT2D eigenvalue weighted by atomic mass is 32.2. The van der Waals surface area contributed by atoms with Gasteiger partial charge in [-0.1, -0.05) is 24.3 Å². The van der Waals surface area contributed by atoms with E-state index in [0.717, 1.165) is 12.1 Å². The standard InChI is InChI=1S/C16H14N4O6S2/c21-27(22,23)13-7-3-1-5-11(13)18-15-9-10-17-16(20-15)19-12-6-2-4-8-14(12)28(24,25)26/h1-10H,(H,21,22,23)(H,24,25,26)(H2,17,18,19,20)/p-2. The molecule has 0 bridgehead atoms. The molecule has 10 nitrogen and oxygen atoms in total. The van der Waals surface area contributed by atoms with Crippen LogP contribution in [0.15, 0.2) is 70.6 Å². The summed E-state index contributed by atoms with van der Waals surface area (Å²) in [5.41, 5.74) is 0.00173. The van der Waals surface area contributed by atoms with Crippen LogP contribution >= 0.6 is 0 Å². The number of rotatable bonds is 6. The molecule has 3 aromatic rings. The predicted molar refractivity (Wildman–Crippen MR) is 97.4 cm³/mol. The van der Waals surface area contributed by atoms with E-state index in [0.29, 0.717) is 0 Å². The van der Waals surface area contributed by atoms with E-state index in [1.165, 1.54) is 48.7 Å². The summed E-state index contributed by atoms with van der Waals surface area (Å²) in [5, 5.41) is 5.33. The highest BCUT2D eigenvalue weighted by Crippen LogP contribution is 2.26. The summed E-state index contributed by atoms with van der Waals surface area (Å²) in [5.74, 6) is 0.0830. The van der Waals surface area contributed by atoms with Crippen molar-refractivity contribution in [2.24, 2.45) is 0 Å². The molecule has 0 atom stereocenters. The minimum Gasteiger partial charge on any atom is -0.744 e. The van der Waals surface area contributed by atoms with Crippen molar-refractivity contribution in [3.05, 3.63) is 60.8 Å². The molecule has 0 radical (unpaired) electrons. The van der Waals surface area contributed by atoms with E-state index in [4.69, 9.17) is 0 Å². The van der Waals surface area contributed by atoms with Crippen molar-refractivity contribution in [1.82, 2.24) is 9.97 Å². The lowest BCUT2D eigenvalue weighted by molar-refractivity contribution is 0.461. The number of nitrogens with one attached hydrogen (secondary N) is 2. The summed E-state index contributed by atoms with van der Waals surface area (Å²) in [6, 6.07) is 12.3. The molecule has 1 aromatic heterocycles. The highest BCUT2D eigenvalue weighted by Gasteiger charge is 2.11. The fourth-order valence-electron chi connectivity index (χ4n) is 2.32. The van der Waals surface area contributed by atoms with Crippen LogP contribution in [-0.4, -0.2) is 35.9 Å². The van der Waals surface area contributed by atoms with Crippen LogP contribution in [0.3, 0.4) is 0 Å². The Labute approximate surface area is 160 Å². The molecule has 2 N–H and O–H groups in total. The molecule has 12 heteroatoms. The molecule has 2 aromatic carbocycles. The molecule has 0 aliphatic heterocycles. The molecule has 28 heavy (non-hydrogen) atoms. The van der Waals surface area contributed by atoms with Crippen LogP contribution in [0.4, 0.5) is 23.1 Å². The Kier molecular flexibility index (Phi) is 5.29. The first kappa shape index (κ1) is 19.7. The molecular weight excluding hydrogens is 408 g/mol. The molecule has 0 saturated carbocycles. The zero-order valence-corrected chi connectivity index (χ0v) is 15.6. The van der Waals surface area contributed by atoms with E-state index in [1.54, 1.807) is 0 Å². The number of benzene rings is 2. The van der Waals surface area contributed by atoms with Gasteiger partial charge in [-0.25, -0.2) is 21.8 Å². The summed E-state index contributed by atoms with van der Waals surface area (Å²) in [7, 11) is -9.43. The molecule has 146 valence electrons. The van der Waals surface area contributed by atoms with Crippen molar-refractivity contribution in [3.8, 4) is 0 Å². The quantitative estimate of drug-likeness (QED) is 0.561. The fraction of sp³-hybridized carbons (Fsp3) is 0. The zero-order valence-electron chi connectivity index (χ0n) is 13.9. The van der Waals surface area contributed by atoms with Crippen molar-refractivity contribution < 1.29 is 25.9 Å². The summed E-state index contributed by atoms with van der Waals surface area (Å²) in [4.78, 5) is 7.09. The first-order chi connectivity index (χ1) is 13.1. The van der Waals surface area contributed by atoms with Gasteiger partial charge in [0.05, 0.1) is 21.2 Å². The van der Waals surface area contributed by atoms with Gasteiger partial charge in [0.15, 0.2) is 0 Å². The molecule has 1 heterocycles. The minimum absolute atomic E-state index is 0.0165. The predicted octanol–water partition coefficient (Wildman–Crippen LogP) is 1.77. The van der Waals surface area contributed by atoms with Gasteiger partial charge in [-0.05, 0) is 30.3 Å². The third-order valence-corrected chi connectivity index (χ3v) is 5.27. The van der Waals surface area contributed by atoms with Gasteiger partial charge in [-0.3, -0.25) is 0 Å². The Morgan fingerprint density at radius 2 is 1.21 bits per heavy atom. The van der Waals surface area contributed by atoms with Gasteiger partial charge in [0.25, 0.3) is 0 Å². The normalized spacial score (nSPS) is 11.8. The van der Waals surface area contributed by atoms with E-state index >= 15 is 0 Å². The van der Waals surface area contributed by atoms with Gasteiger partial charge >= 0.3 is 0 Å². The lowest BCUT2D eigenvalue weighted by Gasteiger charge is -2.15. The molecule has 3 rings (SSSR count). The largest absolute Gasteiger partial charge is 0.744 e. The number of anilines is 4. The molecule has 0 aliphatic carbocycles. The highest BCUT2D eigenvalue weighted by molar-refractivity contribution is 7.86. The molecule has 0 saturated heterocycles. The Bertz CT molecular complexity index is 1140. The Balaban J connectivity index is 1.92. The van der Waals surface area contributed by atoms with Crippen molar-refractivity contribution in [3.63, 3.8) is 0 Å². The Morgan fingerprint density at radius 3 is 1.75 bits per heavy atom. The molecule has 0 amide bonds. The van der Waals surface area contributed by atoms with Crippen LogP contribution in [0.25, 0.3) is 0 Å². The van der Waals surface area contributed by atoms with Gasteiger partial charge in [0.1, 0.15) is 26.1 Å². The van der Waals surface area contributed by atoms with Gasteiger partial charge in [-0.2, -0.15) is 4.98 Å². The van der Waals surface area contributed by atoms with E-state index in [2.05, 4.69) is 20.6 Å². The van der Waals surface area contributed by atoms with Gasteiger partial charge in [0, 0.05) is 6.20 Å². The molecule has 0 aliphatic rings. The number of nitrogens with zero attached hydrogens (tertiary/aromatic N) is 2. The number of hydrogen-bond donors (Lipinski definition) is 2. The zero-order chi connectivity index (χ0) is 20.4. The Morgan fingerprint density at radius 1 is 0.714 bits per heavy atom. The SMILES string of the molecule is O=S(=O)([O-])c1ccccc1Nc1ccnc(Nc2ccccc2S(=O)(=O)[O-])n1. The topological polar surface area (TPSA) is 164 Å². The van der Waals surface area contributed by atoms with Crippen molar-refractivity contribution in [2.75, 3.05) is 10.6 Å². The third-order valence-electron chi connectivity index (χ3n) is 3.48. The summed E-state index contributed by atoms with van der Waals surface area (Å²) in [6.45, 7) is 0. The smallest absolute Gasteiger partial charge is 0.229 e. The first-order valence-electron chi connectivity index (χ1n) is 7.61. The summed E-state index contributed by atoms with van der Waals surface area (Å²) >= 11 is 0. The van der Waals surface area contributed by atoms with Gasteiger partial charge in [-0.15, -0.1) is 0 Å². The molecule has 0 spiro atoms. The summed E-state index contributed by atoms with van der Waals surface area (Å²) < 4.78 is 68.1. The maximum atomic E-state index is 11.4. The fourth-order valence-corrected chi connectivity index (χ4v) is 3.59. The summed E-state index contributed by atoms with van der Waals surface area (Å²) in [6.07, 6.45) is 1.32. The minimum atomic E-state index is -4.72. The number of hydrogen-bond acceptors (Lipinski definition) is 10. The second kappa shape index (κ2) is 7.52. The molecular formula is C16H12N4O6S2-2. The molecule has 0 unspecified atom stereocenters. The second-order valence-electron chi connectivity index (χ2n) is 5.42. The average molecular weight is 420 g/mol. The lowest BCUT2D eigenvalue weighted by atomic mass is 10.3. The van der Waals surface area contributed by atoms with E-state index < -0.39 is 30.0 Å². The average Bonchev–Trinajstić information content (AvgIpc) is 2.61. The van der Waals surface area contributed by atoms with E-state index in [9.17, 15) is 25.9 Å².